The fourth-order valence-electron chi connectivity index (χ4n) is 1.10. The average molecular weight is 205 g/mol. The van der Waals surface area contributed by atoms with Gasteiger partial charge in [-0.15, -0.1) is 0 Å². The van der Waals surface area contributed by atoms with E-state index < -0.39 is 35.9 Å². The molecule has 1 aliphatic heterocycles. The van der Waals surface area contributed by atoms with E-state index in [0.717, 1.165) is 5.87 Å². The summed E-state index contributed by atoms with van der Waals surface area (Å²) >= 11 is 0. The number of nitrogens with zero attached hydrogens (tertiary/aromatic N) is 1. The van der Waals surface area contributed by atoms with E-state index in [0.29, 0.717) is 0 Å². The van der Waals surface area contributed by atoms with Crippen LogP contribution in [0.25, 0.3) is 5.41 Å². The van der Waals surface area contributed by atoms with Crippen LogP contribution < -0.4 is 5.32 Å². The molecule has 1 N–H and O–H groups in total. The molecule has 1 fully saturated rings. The van der Waals surface area contributed by atoms with Gasteiger partial charge in [0.2, 0.25) is 5.91 Å². The Balaban J connectivity index is 3.08. The van der Waals surface area contributed by atoms with Crippen LogP contribution in [0.4, 0.5) is 13.2 Å². The molecule has 0 aliphatic carbocycles. The molecule has 0 aromatic rings. The van der Waals surface area contributed by atoms with Gasteiger partial charge in [0.25, 0.3) is 5.91 Å². The molecule has 0 spiro atoms. The molecular weight excluding hydrogens is 201 g/mol. The van der Waals surface area contributed by atoms with Crippen LogP contribution in [0.2, 0.25) is 0 Å². The number of hydrogen-bond acceptors (Lipinski definition) is 2. The van der Waals surface area contributed by atoms with Gasteiger partial charge in [0, 0.05) is 12.0 Å². The van der Waals surface area contributed by atoms with Crippen LogP contribution in [-0.2, 0) is 9.59 Å². The molecule has 0 aromatic heterocycles. The summed E-state index contributed by atoms with van der Waals surface area (Å²) in [6.45, 7) is 0. The van der Waals surface area contributed by atoms with E-state index in [1.54, 1.807) is 5.32 Å². The maximum atomic E-state index is 12.2. The lowest BCUT2D eigenvalue weighted by molar-refractivity contribution is -0.174. The molecule has 0 saturated carbocycles. The lowest BCUT2D eigenvalue weighted by Gasteiger charge is -2.25. The molecule has 0 radical (unpaired) electrons. The summed E-state index contributed by atoms with van der Waals surface area (Å²) in [5.41, 5.74) is -0.961. The topological polar surface area (TPSA) is 68.5 Å². The van der Waals surface area contributed by atoms with Gasteiger partial charge in [-0.05, 0) is 0 Å². The first-order chi connectivity index (χ1) is 6.36. The molecule has 1 unspecified atom stereocenters. The van der Waals surface area contributed by atoms with Gasteiger partial charge in [-0.2, -0.15) is 13.2 Å². The van der Waals surface area contributed by atoms with Crippen molar-refractivity contribution in [2.45, 2.75) is 12.6 Å². The molecule has 1 rings (SSSR count). The number of nitrogens with one attached hydrogen (secondary N) is 1. The smallest absolute Gasteiger partial charge is 0.396 e. The molecule has 2 amide bonds. The Kier molecular flexibility index (Phi) is 2.44. The van der Waals surface area contributed by atoms with Crippen LogP contribution in [0.1, 0.15) is 6.42 Å². The molecule has 14 heavy (non-hydrogen) atoms. The predicted octanol–water partition coefficient (Wildman–Crippen LogP) is 0.377. The van der Waals surface area contributed by atoms with Crippen molar-refractivity contribution in [3.8, 4) is 0 Å². The number of imide groups is 1. The number of piperidine rings is 1. The Morgan fingerprint density at radius 2 is 2.00 bits per heavy atom. The van der Waals surface area contributed by atoms with E-state index in [2.05, 4.69) is 0 Å². The van der Waals surface area contributed by atoms with Crippen molar-refractivity contribution in [3.63, 3.8) is 0 Å². The highest BCUT2D eigenvalue weighted by Crippen LogP contribution is 2.35. The molecule has 1 saturated heterocycles. The second-order valence-corrected chi connectivity index (χ2v) is 2.70. The number of rotatable bonds is 0. The first-order valence-corrected chi connectivity index (χ1v) is 3.54. The zero-order valence-corrected chi connectivity index (χ0v) is 6.68. The van der Waals surface area contributed by atoms with E-state index >= 15 is 0 Å². The lowest BCUT2D eigenvalue weighted by atomic mass is 9.91. The largest absolute Gasteiger partial charge is 0.763 e. The van der Waals surface area contributed by atoms with Crippen LogP contribution in [0.3, 0.4) is 0 Å². The summed E-state index contributed by atoms with van der Waals surface area (Å²) in [6.07, 6.45) is -5.64. The van der Waals surface area contributed by atoms with Crippen molar-refractivity contribution in [1.82, 2.24) is 5.32 Å². The zero-order valence-electron chi connectivity index (χ0n) is 6.68. The molecule has 1 atom stereocenters. The summed E-state index contributed by atoms with van der Waals surface area (Å²) in [4.78, 5) is 21.4. The van der Waals surface area contributed by atoms with Crippen LogP contribution >= 0.6 is 0 Å². The van der Waals surface area contributed by atoms with Crippen molar-refractivity contribution < 1.29 is 22.8 Å². The van der Waals surface area contributed by atoms with Crippen LogP contribution in [0, 0.1) is 5.92 Å². The molecule has 4 nitrogen and oxygen atoms in total. The molecule has 1 aliphatic rings. The van der Waals surface area contributed by atoms with E-state index in [9.17, 15) is 22.8 Å². The summed E-state index contributed by atoms with van der Waals surface area (Å²) < 4.78 is 36.7. The molecule has 0 bridgehead atoms. The first kappa shape index (κ1) is 10.5. The molecule has 1 heterocycles. The van der Waals surface area contributed by atoms with E-state index in [1.165, 1.54) is 0 Å². The number of halogens is 3. The Hall–Kier alpha value is -1.62. The minimum atomic E-state index is -4.74. The van der Waals surface area contributed by atoms with Gasteiger partial charge in [-0.3, -0.25) is 20.8 Å². The molecular formula is C7H4F3N2O2-. The quantitative estimate of drug-likeness (QED) is 0.353. The van der Waals surface area contributed by atoms with Gasteiger partial charge in [0.1, 0.15) is 0 Å². The van der Waals surface area contributed by atoms with Gasteiger partial charge >= 0.3 is 6.18 Å². The second-order valence-electron chi connectivity index (χ2n) is 2.70. The second kappa shape index (κ2) is 3.26. The number of amides is 2. The minimum absolute atomic E-state index is 0.905. The number of carbonyl (C=O) groups excluding carboxylic acids is 2. The highest BCUT2D eigenvalue weighted by Gasteiger charge is 2.47. The number of carbonyl (C=O) groups is 2. The minimum Gasteiger partial charge on any atom is -0.763 e. The number of hydrogen-bond donors (Lipinski definition) is 1. The van der Waals surface area contributed by atoms with E-state index in [-0.39, 0.29) is 0 Å². The summed E-state index contributed by atoms with van der Waals surface area (Å²) in [5.74, 6) is -3.38. The van der Waals surface area contributed by atoms with Crippen molar-refractivity contribution >= 4 is 17.7 Å². The van der Waals surface area contributed by atoms with Crippen LogP contribution in [0.5, 0.6) is 0 Å². The highest BCUT2D eigenvalue weighted by atomic mass is 19.4. The van der Waals surface area contributed by atoms with Crippen LogP contribution in [0.15, 0.2) is 5.57 Å². The predicted molar refractivity (Wildman–Crippen MR) is 39.2 cm³/mol. The summed E-state index contributed by atoms with van der Waals surface area (Å²) in [6, 6.07) is 0. The van der Waals surface area contributed by atoms with Gasteiger partial charge in [-0.25, -0.2) is 0 Å². The van der Waals surface area contributed by atoms with Crippen molar-refractivity contribution in [2.75, 3.05) is 0 Å². The highest BCUT2D eigenvalue weighted by molar-refractivity contribution is 6.12. The van der Waals surface area contributed by atoms with Gasteiger partial charge in [0.15, 0.2) is 0 Å². The monoisotopic (exact) mass is 205 g/mol. The number of alkyl halides is 3. The van der Waals surface area contributed by atoms with Gasteiger partial charge in [0.05, 0.1) is 5.92 Å². The standard InChI is InChI=1S/C7H4F3N2O2/c8-7(9,10)4-1-5(13)12-6(14)3(4)2-11/h4H,1H2,(H,12,13,14)/q-1. The van der Waals surface area contributed by atoms with Crippen molar-refractivity contribution in [3.05, 3.63) is 11.0 Å². The van der Waals surface area contributed by atoms with Crippen molar-refractivity contribution in [2.24, 2.45) is 5.92 Å². The first-order valence-electron chi connectivity index (χ1n) is 3.54. The molecule has 0 aromatic carbocycles. The maximum Gasteiger partial charge on any atom is 0.396 e. The average Bonchev–Trinajstić information content (AvgIpc) is 2.01. The van der Waals surface area contributed by atoms with Crippen molar-refractivity contribution in [1.29, 1.82) is 0 Å². The fraction of sp³-hybridized carbons (Fsp3) is 0.429. The van der Waals surface area contributed by atoms with Gasteiger partial charge in [-0.1, -0.05) is 0 Å². The van der Waals surface area contributed by atoms with E-state index in [4.69, 9.17) is 5.41 Å². The lowest BCUT2D eigenvalue weighted by Crippen LogP contribution is -2.45. The SMILES string of the molecule is [N-]=C=C1C(=O)NC(=O)CC1C(F)(F)F. The Morgan fingerprint density at radius 3 is 2.43 bits per heavy atom. The van der Waals surface area contributed by atoms with Crippen LogP contribution in [-0.4, -0.2) is 23.9 Å². The third kappa shape index (κ3) is 1.82. The zero-order chi connectivity index (χ0) is 10.9. The third-order valence-electron chi connectivity index (χ3n) is 1.75. The Labute approximate surface area is 76.3 Å². The molecule has 76 valence electrons. The van der Waals surface area contributed by atoms with Gasteiger partial charge < -0.3 is 5.41 Å². The molecule has 7 heteroatoms. The maximum absolute atomic E-state index is 12.2. The normalized spacial score (nSPS) is 23.1. The third-order valence-corrected chi connectivity index (χ3v) is 1.75. The van der Waals surface area contributed by atoms with E-state index in [1.807, 2.05) is 0 Å². The summed E-state index contributed by atoms with van der Waals surface area (Å²) in [5, 5.41) is 9.97. The Morgan fingerprint density at radius 1 is 1.43 bits per heavy atom. The summed E-state index contributed by atoms with van der Waals surface area (Å²) in [7, 11) is 0. The Bertz CT molecular complexity index is 341. The fourth-order valence-corrected chi connectivity index (χ4v) is 1.10.